The minimum absolute atomic E-state index is 0.136. The standard InChI is InChI=1S/C10H10FNO4/c1-14-10(13)5-4-6-9(8(12)7(5)11)16-3-2-15-6/h4H,2-3,12H2,1H3. The highest BCUT2D eigenvalue weighted by Crippen LogP contribution is 2.39. The first-order valence-corrected chi connectivity index (χ1v) is 4.61. The number of anilines is 1. The summed E-state index contributed by atoms with van der Waals surface area (Å²) in [5.41, 5.74) is 5.01. The lowest BCUT2D eigenvalue weighted by atomic mass is 10.1. The molecule has 0 amide bonds. The Labute approximate surface area is 90.9 Å². The molecule has 1 heterocycles. The molecule has 1 aliphatic rings. The van der Waals surface area contributed by atoms with Crippen molar-refractivity contribution < 1.29 is 23.4 Å². The molecule has 0 radical (unpaired) electrons. The topological polar surface area (TPSA) is 70.8 Å². The third-order valence-electron chi connectivity index (χ3n) is 2.21. The van der Waals surface area contributed by atoms with Crippen LogP contribution in [0.15, 0.2) is 6.07 Å². The summed E-state index contributed by atoms with van der Waals surface area (Å²) in [6, 6.07) is 1.23. The molecule has 0 fully saturated rings. The first kappa shape index (κ1) is 10.5. The predicted molar refractivity (Wildman–Crippen MR) is 53.1 cm³/mol. The number of carbonyl (C=O) groups is 1. The van der Waals surface area contributed by atoms with E-state index in [-0.39, 0.29) is 22.7 Å². The molecule has 5 nitrogen and oxygen atoms in total. The van der Waals surface area contributed by atoms with Gasteiger partial charge < -0.3 is 19.9 Å². The van der Waals surface area contributed by atoms with Crippen LogP contribution in [0.1, 0.15) is 10.4 Å². The van der Waals surface area contributed by atoms with Crippen molar-refractivity contribution in [2.45, 2.75) is 0 Å². The van der Waals surface area contributed by atoms with Crippen LogP contribution in [0.5, 0.6) is 11.5 Å². The smallest absolute Gasteiger partial charge is 0.341 e. The highest BCUT2D eigenvalue weighted by atomic mass is 19.1. The van der Waals surface area contributed by atoms with Crippen LogP contribution in [0.2, 0.25) is 0 Å². The number of hydrogen-bond donors (Lipinski definition) is 1. The second-order valence-electron chi connectivity index (χ2n) is 3.17. The fourth-order valence-electron chi connectivity index (χ4n) is 1.45. The zero-order valence-corrected chi connectivity index (χ0v) is 8.58. The lowest BCUT2D eigenvalue weighted by molar-refractivity contribution is 0.0594. The van der Waals surface area contributed by atoms with Crippen LogP contribution >= 0.6 is 0 Å². The minimum atomic E-state index is -0.851. The van der Waals surface area contributed by atoms with Gasteiger partial charge in [0.25, 0.3) is 0 Å². The third-order valence-corrected chi connectivity index (χ3v) is 2.21. The molecule has 1 aliphatic heterocycles. The minimum Gasteiger partial charge on any atom is -0.486 e. The second-order valence-corrected chi connectivity index (χ2v) is 3.17. The number of hydrogen-bond acceptors (Lipinski definition) is 5. The number of esters is 1. The van der Waals surface area contributed by atoms with E-state index < -0.39 is 11.8 Å². The van der Waals surface area contributed by atoms with E-state index in [4.69, 9.17) is 15.2 Å². The quantitative estimate of drug-likeness (QED) is 0.571. The van der Waals surface area contributed by atoms with Crippen molar-refractivity contribution in [3.63, 3.8) is 0 Å². The Bertz CT molecular complexity index is 447. The molecule has 0 atom stereocenters. The number of carbonyl (C=O) groups excluding carboxylic acids is 1. The maximum absolute atomic E-state index is 13.7. The number of fused-ring (bicyclic) bond motifs is 1. The van der Waals surface area contributed by atoms with Gasteiger partial charge in [-0.25, -0.2) is 9.18 Å². The Morgan fingerprint density at radius 2 is 2.19 bits per heavy atom. The van der Waals surface area contributed by atoms with E-state index in [0.29, 0.717) is 13.2 Å². The molecule has 0 spiro atoms. The molecule has 0 aromatic heterocycles. The molecule has 2 N–H and O–H groups in total. The van der Waals surface area contributed by atoms with Gasteiger partial charge in [0, 0.05) is 6.07 Å². The molecule has 1 aromatic rings. The summed E-state index contributed by atoms with van der Waals surface area (Å²) in [5.74, 6) is -1.26. The SMILES string of the molecule is COC(=O)c1cc2c(c(N)c1F)OCCO2. The van der Waals surface area contributed by atoms with Gasteiger partial charge in [-0.3, -0.25) is 0 Å². The van der Waals surface area contributed by atoms with Gasteiger partial charge in [0.1, 0.15) is 24.5 Å². The van der Waals surface area contributed by atoms with Gasteiger partial charge in [-0.15, -0.1) is 0 Å². The molecule has 2 rings (SSSR count). The molecular formula is C10H10FNO4. The summed E-state index contributed by atoms with van der Waals surface area (Å²) < 4.78 is 28.5. The highest BCUT2D eigenvalue weighted by molar-refractivity contribution is 5.92. The average molecular weight is 227 g/mol. The first-order valence-electron chi connectivity index (χ1n) is 4.61. The van der Waals surface area contributed by atoms with Gasteiger partial charge >= 0.3 is 5.97 Å². The van der Waals surface area contributed by atoms with Crippen molar-refractivity contribution in [2.24, 2.45) is 0 Å². The number of ether oxygens (including phenoxy) is 3. The monoisotopic (exact) mass is 227 g/mol. The van der Waals surface area contributed by atoms with Gasteiger partial charge in [0.2, 0.25) is 0 Å². The number of nitrogen functional groups attached to an aromatic ring is 1. The van der Waals surface area contributed by atoms with Gasteiger partial charge in [0.05, 0.1) is 7.11 Å². The zero-order chi connectivity index (χ0) is 11.7. The average Bonchev–Trinajstić information content (AvgIpc) is 2.33. The highest BCUT2D eigenvalue weighted by Gasteiger charge is 2.24. The van der Waals surface area contributed by atoms with E-state index in [2.05, 4.69) is 4.74 Å². The number of benzene rings is 1. The van der Waals surface area contributed by atoms with E-state index in [1.54, 1.807) is 0 Å². The van der Waals surface area contributed by atoms with E-state index in [9.17, 15) is 9.18 Å². The van der Waals surface area contributed by atoms with E-state index >= 15 is 0 Å². The molecular weight excluding hydrogens is 217 g/mol. The van der Waals surface area contributed by atoms with Crippen molar-refractivity contribution >= 4 is 11.7 Å². The molecule has 86 valence electrons. The Kier molecular flexibility index (Phi) is 2.55. The molecule has 0 aliphatic carbocycles. The predicted octanol–water partition coefficient (Wildman–Crippen LogP) is 0.966. The van der Waals surface area contributed by atoms with Crippen molar-refractivity contribution in [3.05, 3.63) is 17.4 Å². The summed E-state index contributed by atoms with van der Waals surface area (Å²) in [6.07, 6.45) is 0. The van der Waals surface area contributed by atoms with Gasteiger partial charge in [-0.1, -0.05) is 0 Å². The molecule has 0 unspecified atom stereocenters. The molecule has 6 heteroatoms. The van der Waals surface area contributed by atoms with Crippen LogP contribution in [0.3, 0.4) is 0 Å². The number of halogens is 1. The molecule has 0 saturated carbocycles. The van der Waals surface area contributed by atoms with Gasteiger partial charge in [-0.05, 0) is 0 Å². The van der Waals surface area contributed by atoms with Crippen molar-refractivity contribution in [1.82, 2.24) is 0 Å². The Hall–Kier alpha value is -1.98. The fraction of sp³-hybridized carbons (Fsp3) is 0.300. The maximum atomic E-state index is 13.7. The van der Waals surface area contributed by atoms with Crippen LogP contribution in [0.4, 0.5) is 10.1 Å². The number of rotatable bonds is 1. The van der Waals surface area contributed by atoms with Gasteiger partial charge in [0.15, 0.2) is 17.3 Å². The Balaban J connectivity index is 2.57. The maximum Gasteiger partial charge on any atom is 0.341 e. The van der Waals surface area contributed by atoms with Gasteiger partial charge in [-0.2, -0.15) is 0 Å². The number of methoxy groups -OCH3 is 1. The van der Waals surface area contributed by atoms with Crippen LogP contribution in [-0.2, 0) is 4.74 Å². The summed E-state index contributed by atoms with van der Waals surface area (Å²) in [5, 5.41) is 0. The summed E-state index contributed by atoms with van der Waals surface area (Å²) in [6.45, 7) is 0.632. The molecule has 16 heavy (non-hydrogen) atoms. The third kappa shape index (κ3) is 1.52. The van der Waals surface area contributed by atoms with Crippen LogP contribution in [-0.4, -0.2) is 26.3 Å². The Morgan fingerprint density at radius 3 is 2.88 bits per heavy atom. The zero-order valence-electron chi connectivity index (χ0n) is 8.58. The normalized spacial score (nSPS) is 13.4. The van der Waals surface area contributed by atoms with Crippen LogP contribution in [0.25, 0.3) is 0 Å². The van der Waals surface area contributed by atoms with Crippen molar-refractivity contribution in [2.75, 3.05) is 26.1 Å². The molecule has 1 aromatic carbocycles. The molecule has 0 saturated heterocycles. The molecule has 0 bridgehead atoms. The van der Waals surface area contributed by atoms with Crippen LogP contribution in [0, 0.1) is 5.82 Å². The lowest BCUT2D eigenvalue weighted by Crippen LogP contribution is -2.18. The second kappa shape index (κ2) is 3.88. The lowest BCUT2D eigenvalue weighted by Gasteiger charge is -2.20. The van der Waals surface area contributed by atoms with Crippen LogP contribution < -0.4 is 15.2 Å². The first-order chi connectivity index (χ1) is 7.65. The summed E-state index contributed by atoms with van der Waals surface area (Å²) in [4.78, 5) is 11.3. The van der Waals surface area contributed by atoms with Crippen molar-refractivity contribution in [1.29, 1.82) is 0 Å². The van der Waals surface area contributed by atoms with E-state index in [0.717, 1.165) is 7.11 Å². The summed E-state index contributed by atoms with van der Waals surface area (Å²) >= 11 is 0. The fourth-order valence-corrected chi connectivity index (χ4v) is 1.45. The van der Waals surface area contributed by atoms with E-state index in [1.807, 2.05) is 0 Å². The summed E-state index contributed by atoms with van der Waals surface area (Å²) in [7, 11) is 1.16. The number of nitrogens with two attached hydrogens (primary N) is 1. The largest absolute Gasteiger partial charge is 0.486 e. The van der Waals surface area contributed by atoms with E-state index in [1.165, 1.54) is 6.07 Å². The van der Waals surface area contributed by atoms with Crippen molar-refractivity contribution in [3.8, 4) is 11.5 Å². The Morgan fingerprint density at radius 1 is 1.50 bits per heavy atom.